The van der Waals surface area contributed by atoms with Gasteiger partial charge in [-0.05, 0) is 50.2 Å². The summed E-state index contributed by atoms with van der Waals surface area (Å²) in [6, 6.07) is 17.8. The predicted octanol–water partition coefficient (Wildman–Crippen LogP) is 3.18. The summed E-state index contributed by atoms with van der Waals surface area (Å²) in [5, 5.41) is 5.86. The lowest BCUT2D eigenvalue weighted by Gasteiger charge is -2.25. The minimum Gasteiger partial charge on any atom is -0.354 e. The summed E-state index contributed by atoms with van der Waals surface area (Å²) >= 11 is 0. The molecule has 0 heterocycles. The van der Waals surface area contributed by atoms with Crippen molar-refractivity contribution in [3.63, 3.8) is 0 Å². The maximum atomic E-state index is 12.2. The smallest absolute Gasteiger partial charge is 0.251 e. The number of nitrogens with zero attached hydrogens (tertiary/aromatic N) is 1. The average molecular weight is 382 g/mol. The van der Waals surface area contributed by atoms with Gasteiger partial charge in [0.15, 0.2) is 0 Å². The zero-order valence-electron chi connectivity index (χ0n) is 17.1. The Morgan fingerprint density at radius 2 is 1.64 bits per heavy atom. The number of benzene rings is 2. The van der Waals surface area contributed by atoms with Gasteiger partial charge < -0.3 is 15.5 Å². The third-order valence-electron chi connectivity index (χ3n) is 4.79. The first-order chi connectivity index (χ1) is 13.5. The molecular formula is C23H31N3O2. The van der Waals surface area contributed by atoms with Crippen molar-refractivity contribution in [2.45, 2.75) is 32.2 Å². The highest BCUT2D eigenvalue weighted by Gasteiger charge is 2.15. The van der Waals surface area contributed by atoms with Crippen LogP contribution in [0.1, 0.15) is 47.3 Å². The molecule has 0 aromatic heterocycles. The molecule has 0 spiro atoms. The quantitative estimate of drug-likeness (QED) is 0.622. The van der Waals surface area contributed by atoms with Gasteiger partial charge in [-0.3, -0.25) is 9.59 Å². The highest BCUT2D eigenvalue weighted by atomic mass is 16.2. The Kier molecular flexibility index (Phi) is 8.69. The highest BCUT2D eigenvalue weighted by molar-refractivity contribution is 5.94. The summed E-state index contributed by atoms with van der Waals surface area (Å²) in [6.07, 6.45) is 2.02. The molecule has 2 aromatic carbocycles. The van der Waals surface area contributed by atoms with Crippen LogP contribution in [-0.2, 0) is 11.2 Å². The minimum atomic E-state index is -0.107. The lowest BCUT2D eigenvalue weighted by molar-refractivity contribution is -0.121. The number of likely N-dealkylation sites (N-methyl/N-ethyl adjacent to an activating group) is 1. The van der Waals surface area contributed by atoms with E-state index >= 15 is 0 Å². The molecule has 0 aliphatic carbocycles. The summed E-state index contributed by atoms with van der Waals surface area (Å²) in [6.45, 7) is 3.19. The van der Waals surface area contributed by atoms with Gasteiger partial charge in [0, 0.05) is 25.1 Å². The fourth-order valence-electron chi connectivity index (χ4n) is 3.02. The van der Waals surface area contributed by atoms with E-state index in [2.05, 4.69) is 46.7 Å². The third kappa shape index (κ3) is 6.82. The molecule has 2 N–H and O–H groups in total. The summed E-state index contributed by atoms with van der Waals surface area (Å²) < 4.78 is 0. The monoisotopic (exact) mass is 381 g/mol. The second-order valence-electron chi connectivity index (χ2n) is 7.10. The SMILES string of the molecule is CCc1ccc(C(CNC(=O)CCCNC(=O)c2ccccc2)N(C)C)cc1. The topological polar surface area (TPSA) is 61.4 Å². The van der Waals surface area contributed by atoms with Crippen LogP contribution in [0.15, 0.2) is 54.6 Å². The van der Waals surface area contributed by atoms with E-state index in [1.54, 1.807) is 12.1 Å². The van der Waals surface area contributed by atoms with E-state index < -0.39 is 0 Å². The van der Waals surface area contributed by atoms with Gasteiger partial charge in [-0.1, -0.05) is 49.4 Å². The van der Waals surface area contributed by atoms with Crippen LogP contribution in [0.2, 0.25) is 0 Å². The molecule has 28 heavy (non-hydrogen) atoms. The number of hydrogen-bond acceptors (Lipinski definition) is 3. The molecule has 0 aliphatic rings. The number of carbonyl (C=O) groups is 2. The molecule has 0 saturated heterocycles. The lowest BCUT2D eigenvalue weighted by Crippen LogP contribution is -2.35. The molecule has 0 fully saturated rings. The second kappa shape index (κ2) is 11.2. The van der Waals surface area contributed by atoms with Crippen molar-refractivity contribution in [3.8, 4) is 0 Å². The van der Waals surface area contributed by atoms with E-state index in [0.29, 0.717) is 31.5 Å². The molecule has 2 rings (SSSR count). The molecule has 150 valence electrons. The molecule has 0 aliphatic heterocycles. The van der Waals surface area contributed by atoms with Gasteiger partial charge in [-0.15, -0.1) is 0 Å². The summed E-state index contributed by atoms with van der Waals surface area (Å²) in [5.74, 6) is -0.102. The molecular weight excluding hydrogens is 350 g/mol. The first-order valence-electron chi connectivity index (χ1n) is 9.86. The Bertz CT molecular complexity index is 742. The van der Waals surface area contributed by atoms with Crippen LogP contribution in [0.4, 0.5) is 0 Å². The van der Waals surface area contributed by atoms with Crippen molar-refractivity contribution in [1.29, 1.82) is 0 Å². The molecule has 0 radical (unpaired) electrons. The second-order valence-corrected chi connectivity index (χ2v) is 7.10. The van der Waals surface area contributed by atoms with Gasteiger partial charge in [0.25, 0.3) is 5.91 Å². The van der Waals surface area contributed by atoms with Crippen LogP contribution in [0.5, 0.6) is 0 Å². The standard InChI is InChI=1S/C23H31N3O2/c1-4-18-12-14-19(15-13-18)21(26(2)3)17-25-22(27)11-8-16-24-23(28)20-9-6-5-7-10-20/h5-7,9-10,12-15,21H,4,8,11,16-17H2,1-3H3,(H,24,28)(H,25,27). The zero-order valence-corrected chi connectivity index (χ0v) is 17.1. The van der Waals surface area contributed by atoms with Gasteiger partial charge >= 0.3 is 0 Å². The van der Waals surface area contributed by atoms with Crippen LogP contribution in [0.25, 0.3) is 0 Å². The number of hydrogen-bond donors (Lipinski definition) is 2. The van der Waals surface area contributed by atoms with Gasteiger partial charge in [0.05, 0.1) is 6.04 Å². The normalized spacial score (nSPS) is 11.9. The number of carbonyl (C=O) groups excluding carboxylic acids is 2. The van der Waals surface area contributed by atoms with E-state index in [1.165, 1.54) is 11.1 Å². The predicted molar refractivity (Wildman–Crippen MR) is 113 cm³/mol. The van der Waals surface area contributed by atoms with Gasteiger partial charge in [0.1, 0.15) is 0 Å². The van der Waals surface area contributed by atoms with Crippen LogP contribution in [0, 0.1) is 0 Å². The Morgan fingerprint density at radius 3 is 2.25 bits per heavy atom. The zero-order chi connectivity index (χ0) is 20.4. The molecule has 0 bridgehead atoms. The Balaban J connectivity index is 1.73. The average Bonchev–Trinajstić information content (AvgIpc) is 2.72. The maximum absolute atomic E-state index is 12.2. The number of amides is 2. The largest absolute Gasteiger partial charge is 0.354 e. The van der Waals surface area contributed by atoms with Crippen molar-refractivity contribution >= 4 is 11.8 Å². The van der Waals surface area contributed by atoms with Crippen molar-refractivity contribution in [1.82, 2.24) is 15.5 Å². The molecule has 5 heteroatoms. The number of aryl methyl sites for hydroxylation is 1. The minimum absolute atomic E-state index is 0.00554. The van der Waals surface area contributed by atoms with Crippen molar-refractivity contribution in [2.75, 3.05) is 27.2 Å². The van der Waals surface area contributed by atoms with E-state index in [-0.39, 0.29) is 17.9 Å². The molecule has 2 amide bonds. The van der Waals surface area contributed by atoms with Gasteiger partial charge in [0.2, 0.25) is 5.91 Å². The van der Waals surface area contributed by atoms with E-state index in [0.717, 1.165) is 6.42 Å². The molecule has 0 saturated carbocycles. The molecule has 1 atom stereocenters. The third-order valence-corrected chi connectivity index (χ3v) is 4.79. The first-order valence-corrected chi connectivity index (χ1v) is 9.86. The summed E-state index contributed by atoms with van der Waals surface area (Å²) in [5.41, 5.74) is 3.13. The summed E-state index contributed by atoms with van der Waals surface area (Å²) in [4.78, 5) is 26.3. The Hall–Kier alpha value is -2.66. The van der Waals surface area contributed by atoms with E-state index in [1.807, 2.05) is 32.3 Å². The number of nitrogens with one attached hydrogen (secondary N) is 2. The van der Waals surface area contributed by atoms with E-state index in [9.17, 15) is 9.59 Å². The fraction of sp³-hybridized carbons (Fsp3) is 0.391. The highest BCUT2D eigenvalue weighted by Crippen LogP contribution is 2.18. The summed E-state index contributed by atoms with van der Waals surface area (Å²) in [7, 11) is 4.04. The van der Waals surface area contributed by atoms with Crippen LogP contribution < -0.4 is 10.6 Å². The molecule has 5 nitrogen and oxygen atoms in total. The van der Waals surface area contributed by atoms with Gasteiger partial charge in [-0.25, -0.2) is 0 Å². The maximum Gasteiger partial charge on any atom is 0.251 e. The number of rotatable bonds is 10. The Morgan fingerprint density at radius 1 is 0.964 bits per heavy atom. The van der Waals surface area contributed by atoms with Crippen molar-refractivity contribution in [3.05, 3.63) is 71.3 Å². The van der Waals surface area contributed by atoms with Crippen LogP contribution in [-0.4, -0.2) is 43.9 Å². The molecule has 1 unspecified atom stereocenters. The molecule has 2 aromatic rings. The van der Waals surface area contributed by atoms with E-state index in [4.69, 9.17) is 0 Å². The van der Waals surface area contributed by atoms with Crippen molar-refractivity contribution < 1.29 is 9.59 Å². The lowest BCUT2D eigenvalue weighted by atomic mass is 10.0. The van der Waals surface area contributed by atoms with Crippen LogP contribution >= 0.6 is 0 Å². The first kappa shape index (κ1) is 21.6. The van der Waals surface area contributed by atoms with Gasteiger partial charge in [-0.2, -0.15) is 0 Å². The Labute approximate surface area is 168 Å². The van der Waals surface area contributed by atoms with Crippen LogP contribution in [0.3, 0.4) is 0 Å². The fourth-order valence-corrected chi connectivity index (χ4v) is 3.02. The van der Waals surface area contributed by atoms with Crippen molar-refractivity contribution in [2.24, 2.45) is 0 Å².